The first kappa shape index (κ1) is 16.7. The molecule has 4 rings (SSSR count). The van der Waals surface area contributed by atoms with Gasteiger partial charge in [0.2, 0.25) is 0 Å². The van der Waals surface area contributed by atoms with E-state index in [4.69, 9.17) is 9.47 Å². The molecule has 0 unspecified atom stereocenters. The summed E-state index contributed by atoms with van der Waals surface area (Å²) in [6.07, 6.45) is 8.40. The standard InChI is InChI=1S/C20H28O3S/c1-13(15-7-9-20(10-8-15)22-11-12-23-20)19-14(2)18-16(21)5-3-4-6-17(18)24-19/h13,15H,3-12H2,1-2H3/t13-/m1/s1. The lowest BCUT2D eigenvalue weighted by atomic mass is 9.77. The first-order valence-electron chi connectivity index (χ1n) is 9.53. The van der Waals surface area contributed by atoms with E-state index in [9.17, 15) is 4.79 Å². The van der Waals surface area contributed by atoms with E-state index < -0.39 is 0 Å². The predicted octanol–water partition coefficient (Wildman–Crippen LogP) is 5.00. The van der Waals surface area contributed by atoms with Crippen molar-refractivity contribution in [1.82, 2.24) is 0 Å². The minimum atomic E-state index is -0.270. The summed E-state index contributed by atoms with van der Waals surface area (Å²) >= 11 is 1.92. The van der Waals surface area contributed by atoms with Gasteiger partial charge < -0.3 is 9.47 Å². The zero-order valence-corrected chi connectivity index (χ0v) is 15.7. The van der Waals surface area contributed by atoms with E-state index in [-0.39, 0.29) is 5.79 Å². The summed E-state index contributed by atoms with van der Waals surface area (Å²) in [7, 11) is 0. The molecule has 0 bridgehead atoms. The van der Waals surface area contributed by atoms with Crippen molar-refractivity contribution in [2.24, 2.45) is 5.92 Å². The van der Waals surface area contributed by atoms with Crippen molar-refractivity contribution in [3.63, 3.8) is 0 Å². The molecular formula is C20H28O3S. The summed E-state index contributed by atoms with van der Waals surface area (Å²) in [5.74, 6) is 1.33. The van der Waals surface area contributed by atoms with Crippen molar-refractivity contribution >= 4 is 17.1 Å². The summed E-state index contributed by atoms with van der Waals surface area (Å²) in [5, 5.41) is 0. The van der Waals surface area contributed by atoms with E-state index in [1.807, 2.05) is 11.3 Å². The average Bonchev–Trinajstić information content (AvgIpc) is 3.11. The maximum atomic E-state index is 12.5. The van der Waals surface area contributed by atoms with Crippen molar-refractivity contribution in [2.75, 3.05) is 13.2 Å². The zero-order valence-electron chi connectivity index (χ0n) is 14.9. The SMILES string of the molecule is Cc1c([C@H](C)C2CCC3(CC2)OCCO3)sc2c1C(=O)CCCC2. The van der Waals surface area contributed by atoms with Gasteiger partial charge in [-0.1, -0.05) is 6.92 Å². The molecule has 1 spiro atoms. The second-order valence-corrected chi connectivity index (χ2v) is 8.89. The zero-order chi connectivity index (χ0) is 16.7. The number of fused-ring (bicyclic) bond motifs is 1. The van der Waals surface area contributed by atoms with Gasteiger partial charge in [-0.3, -0.25) is 4.79 Å². The molecule has 2 heterocycles. The summed E-state index contributed by atoms with van der Waals surface area (Å²) < 4.78 is 11.7. The third-order valence-corrected chi connectivity index (χ3v) is 7.87. The van der Waals surface area contributed by atoms with Gasteiger partial charge in [-0.2, -0.15) is 0 Å². The van der Waals surface area contributed by atoms with Crippen molar-refractivity contribution in [2.45, 2.75) is 76.9 Å². The van der Waals surface area contributed by atoms with Gasteiger partial charge in [-0.05, 0) is 56.4 Å². The molecule has 0 radical (unpaired) electrons. The number of ketones is 1. The Labute approximate surface area is 148 Å². The summed E-state index contributed by atoms with van der Waals surface area (Å²) in [6.45, 7) is 6.04. The maximum absolute atomic E-state index is 12.5. The van der Waals surface area contributed by atoms with Crippen LogP contribution in [0.1, 0.15) is 83.5 Å². The minimum absolute atomic E-state index is 0.270. The van der Waals surface area contributed by atoms with Crippen LogP contribution >= 0.6 is 11.3 Å². The van der Waals surface area contributed by atoms with Gasteiger partial charge in [0.05, 0.1) is 13.2 Å². The highest BCUT2D eigenvalue weighted by Crippen LogP contribution is 2.46. The van der Waals surface area contributed by atoms with E-state index >= 15 is 0 Å². The van der Waals surface area contributed by atoms with E-state index in [2.05, 4.69) is 13.8 Å². The fourth-order valence-electron chi connectivity index (χ4n) is 4.84. The second kappa shape index (κ2) is 6.54. The molecule has 2 aliphatic carbocycles. The number of Topliss-reactive ketones (excluding diaryl/α,β-unsaturated/α-hetero) is 1. The maximum Gasteiger partial charge on any atom is 0.168 e. The Morgan fingerprint density at radius 1 is 1.12 bits per heavy atom. The quantitative estimate of drug-likeness (QED) is 0.705. The molecule has 1 atom stereocenters. The summed E-state index contributed by atoms with van der Waals surface area (Å²) in [5.41, 5.74) is 2.36. The summed E-state index contributed by atoms with van der Waals surface area (Å²) in [4.78, 5) is 15.3. The Morgan fingerprint density at radius 3 is 2.50 bits per heavy atom. The Balaban J connectivity index is 1.52. The van der Waals surface area contributed by atoms with E-state index in [1.165, 1.54) is 15.3 Å². The van der Waals surface area contributed by atoms with Crippen molar-refractivity contribution in [3.05, 3.63) is 20.9 Å². The highest BCUT2D eigenvalue weighted by molar-refractivity contribution is 7.12. The molecule has 1 aromatic heterocycles. The van der Waals surface area contributed by atoms with Crippen LogP contribution in [-0.4, -0.2) is 24.8 Å². The van der Waals surface area contributed by atoms with Crippen molar-refractivity contribution < 1.29 is 14.3 Å². The van der Waals surface area contributed by atoms with Gasteiger partial charge in [-0.25, -0.2) is 0 Å². The topological polar surface area (TPSA) is 35.5 Å². The molecule has 3 aliphatic rings. The highest BCUT2D eigenvalue weighted by Gasteiger charge is 2.42. The van der Waals surface area contributed by atoms with Crippen molar-refractivity contribution in [1.29, 1.82) is 0 Å². The van der Waals surface area contributed by atoms with Gasteiger partial charge in [-0.15, -0.1) is 11.3 Å². The number of hydrogen-bond donors (Lipinski definition) is 0. The molecule has 1 saturated carbocycles. The first-order valence-corrected chi connectivity index (χ1v) is 10.3. The van der Waals surface area contributed by atoms with Crippen molar-refractivity contribution in [3.8, 4) is 0 Å². The Morgan fingerprint density at radius 2 is 1.79 bits per heavy atom. The number of rotatable bonds is 2. The first-order chi connectivity index (χ1) is 11.6. The molecule has 0 aromatic carbocycles. The average molecular weight is 349 g/mol. The van der Waals surface area contributed by atoms with E-state index in [0.29, 0.717) is 17.6 Å². The lowest BCUT2D eigenvalue weighted by Gasteiger charge is -2.37. The normalized spacial score (nSPS) is 25.7. The second-order valence-electron chi connectivity index (χ2n) is 7.75. The molecule has 132 valence electrons. The molecule has 24 heavy (non-hydrogen) atoms. The van der Waals surface area contributed by atoms with Crippen LogP contribution < -0.4 is 0 Å². The molecule has 1 aromatic rings. The molecule has 4 heteroatoms. The van der Waals surface area contributed by atoms with Crippen LogP contribution in [0.15, 0.2) is 0 Å². The molecule has 0 amide bonds. The van der Waals surface area contributed by atoms with Crippen LogP contribution in [0.3, 0.4) is 0 Å². The van der Waals surface area contributed by atoms with Gasteiger partial charge in [0.15, 0.2) is 11.6 Å². The number of ether oxygens (including phenoxy) is 2. The fraction of sp³-hybridized carbons (Fsp3) is 0.750. The third kappa shape index (κ3) is 2.87. The molecular weight excluding hydrogens is 320 g/mol. The number of aryl methyl sites for hydroxylation is 1. The van der Waals surface area contributed by atoms with Gasteiger partial charge in [0.25, 0.3) is 0 Å². The fourth-order valence-corrected chi connectivity index (χ4v) is 6.36. The number of hydrogen-bond acceptors (Lipinski definition) is 4. The number of carbonyl (C=O) groups is 1. The largest absolute Gasteiger partial charge is 0.348 e. The van der Waals surface area contributed by atoms with Crippen LogP contribution in [0.5, 0.6) is 0 Å². The smallest absolute Gasteiger partial charge is 0.168 e. The van der Waals surface area contributed by atoms with Crippen LogP contribution in [-0.2, 0) is 15.9 Å². The molecule has 1 aliphatic heterocycles. The lowest BCUT2D eigenvalue weighted by molar-refractivity contribution is -0.183. The molecule has 2 fully saturated rings. The lowest BCUT2D eigenvalue weighted by Crippen LogP contribution is -2.36. The number of carbonyl (C=O) groups excluding carboxylic acids is 1. The van der Waals surface area contributed by atoms with Crippen LogP contribution in [0.4, 0.5) is 0 Å². The van der Waals surface area contributed by atoms with Gasteiger partial charge in [0, 0.05) is 34.6 Å². The monoisotopic (exact) mass is 348 g/mol. The molecule has 3 nitrogen and oxygen atoms in total. The molecule has 0 N–H and O–H groups in total. The third-order valence-electron chi connectivity index (χ3n) is 6.32. The van der Waals surface area contributed by atoms with Gasteiger partial charge >= 0.3 is 0 Å². The number of thiophene rings is 1. The van der Waals surface area contributed by atoms with Crippen LogP contribution in [0, 0.1) is 12.8 Å². The Bertz CT molecular complexity index is 617. The minimum Gasteiger partial charge on any atom is -0.348 e. The highest BCUT2D eigenvalue weighted by atomic mass is 32.1. The Kier molecular flexibility index (Phi) is 4.57. The molecule has 1 saturated heterocycles. The van der Waals surface area contributed by atoms with Gasteiger partial charge in [0.1, 0.15) is 0 Å². The predicted molar refractivity (Wildman–Crippen MR) is 95.9 cm³/mol. The van der Waals surface area contributed by atoms with Crippen LogP contribution in [0.25, 0.3) is 0 Å². The van der Waals surface area contributed by atoms with Crippen LogP contribution in [0.2, 0.25) is 0 Å². The van der Waals surface area contributed by atoms with E-state index in [0.717, 1.165) is 70.1 Å². The van der Waals surface area contributed by atoms with E-state index in [1.54, 1.807) is 0 Å². The Hall–Kier alpha value is -0.710. The summed E-state index contributed by atoms with van der Waals surface area (Å²) in [6, 6.07) is 0.